The molecule has 0 bridgehead atoms. The van der Waals surface area contributed by atoms with Crippen LogP contribution in [0.5, 0.6) is 0 Å². The molecule has 7 heteroatoms. The lowest BCUT2D eigenvalue weighted by Gasteiger charge is -2.26. The highest BCUT2D eigenvalue weighted by atomic mass is 16.5. The second kappa shape index (κ2) is 11.1. The molecule has 0 aliphatic carbocycles. The zero-order chi connectivity index (χ0) is 22.1. The third-order valence-corrected chi connectivity index (χ3v) is 4.74. The molecule has 160 valence electrons. The van der Waals surface area contributed by atoms with Crippen molar-refractivity contribution in [1.82, 2.24) is 10.4 Å². The van der Waals surface area contributed by atoms with Crippen molar-refractivity contribution in [2.24, 2.45) is 11.8 Å². The summed E-state index contributed by atoms with van der Waals surface area (Å²) in [5.41, 5.74) is 3.94. The number of amides is 4. The maximum atomic E-state index is 13.1. The molecule has 2 aromatic carbocycles. The topological polar surface area (TPSA) is 98.7 Å². The lowest BCUT2D eigenvalue weighted by atomic mass is 9.92. The molecule has 3 N–H and O–H groups in total. The van der Waals surface area contributed by atoms with Crippen molar-refractivity contribution in [3.63, 3.8) is 0 Å². The molecule has 0 radical (unpaired) electrons. The van der Waals surface area contributed by atoms with Gasteiger partial charge in [0.05, 0.1) is 5.69 Å². The number of anilines is 1. The van der Waals surface area contributed by atoms with Crippen molar-refractivity contribution in [3.05, 3.63) is 54.6 Å². The van der Waals surface area contributed by atoms with Crippen LogP contribution in [0.25, 0.3) is 11.1 Å². The van der Waals surface area contributed by atoms with E-state index in [-0.39, 0.29) is 18.9 Å². The van der Waals surface area contributed by atoms with Gasteiger partial charge in [-0.3, -0.25) is 19.7 Å². The molecule has 0 spiro atoms. The van der Waals surface area contributed by atoms with Gasteiger partial charge in [-0.05, 0) is 30.9 Å². The summed E-state index contributed by atoms with van der Waals surface area (Å²) in [7, 11) is 0. The van der Waals surface area contributed by atoms with Gasteiger partial charge >= 0.3 is 6.03 Å². The highest BCUT2D eigenvalue weighted by Crippen LogP contribution is 2.28. The minimum absolute atomic E-state index is 0.144. The van der Waals surface area contributed by atoms with E-state index in [9.17, 15) is 14.4 Å². The maximum Gasteiger partial charge on any atom is 0.328 e. The molecule has 30 heavy (non-hydrogen) atoms. The van der Waals surface area contributed by atoms with Gasteiger partial charge in [0.25, 0.3) is 0 Å². The molecule has 7 nitrogen and oxygen atoms in total. The van der Waals surface area contributed by atoms with Gasteiger partial charge in [0.15, 0.2) is 0 Å². The Morgan fingerprint density at radius 3 is 2.23 bits per heavy atom. The molecule has 0 aromatic heterocycles. The van der Waals surface area contributed by atoms with Crippen LogP contribution < -0.4 is 10.8 Å². The van der Waals surface area contributed by atoms with Crippen LogP contribution in [0.15, 0.2) is 54.6 Å². The number of urea groups is 1. The third-order valence-electron chi connectivity index (χ3n) is 4.74. The first kappa shape index (κ1) is 23.1. The summed E-state index contributed by atoms with van der Waals surface area (Å²) in [5, 5.41) is 11.7. The van der Waals surface area contributed by atoms with Crippen LogP contribution in [0.2, 0.25) is 0 Å². The summed E-state index contributed by atoms with van der Waals surface area (Å²) in [4.78, 5) is 38.8. The number of nitrogens with zero attached hydrogens (tertiary/aromatic N) is 1. The second-order valence-corrected chi connectivity index (χ2v) is 7.49. The molecular formula is C23H29N3O4. The van der Waals surface area contributed by atoms with E-state index < -0.39 is 23.8 Å². The molecule has 2 rings (SSSR count). The lowest BCUT2D eigenvalue weighted by Crippen LogP contribution is -2.44. The first-order valence-corrected chi connectivity index (χ1v) is 10.1. The van der Waals surface area contributed by atoms with Crippen molar-refractivity contribution < 1.29 is 19.6 Å². The highest BCUT2D eigenvalue weighted by Gasteiger charge is 2.30. The number of benzene rings is 2. The van der Waals surface area contributed by atoms with E-state index in [2.05, 4.69) is 5.32 Å². The molecule has 2 aromatic rings. The number of hydrogen-bond acceptors (Lipinski definition) is 4. The summed E-state index contributed by atoms with van der Waals surface area (Å²) in [6, 6.07) is 16.5. The Bertz CT molecular complexity index is 868. The Morgan fingerprint density at radius 1 is 1.00 bits per heavy atom. The number of carbonyl (C=O) groups is 3. The molecule has 1 atom stereocenters. The van der Waals surface area contributed by atoms with Gasteiger partial charge in [0.1, 0.15) is 0 Å². The van der Waals surface area contributed by atoms with Crippen LogP contribution in [0.3, 0.4) is 0 Å². The number of carbonyl (C=O) groups excluding carboxylic acids is 3. The first-order chi connectivity index (χ1) is 14.4. The van der Waals surface area contributed by atoms with Crippen molar-refractivity contribution >= 4 is 23.5 Å². The molecule has 4 amide bonds. The van der Waals surface area contributed by atoms with Crippen LogP contribution in [0.4, 0.5) is 10.5 Å². The summed E-state index contributed by atoms with van der Waals surface area (Å²) < 4.78 is 0. The van der Waals surface area contributed by atoms with E-state index >= 15 is 0 Å². The minimum atomic E-state index is -0.702. The number of hydroxylamine groups is 1. The number of hydrogen-bond donors (Lipinski definition) is 3. The molecule has 0 heterocycles. The lowest BCUT2D eigenvalue weighted by molar-refractivity contribution is -0.138. The van der Waals surface area contributed by atoms with Crippen LogP contribution >= 0.6 is 0 Å². The fourth-order valence-corrected chi connectivity index (χ4v) is 3.37. The van der Waals surface area contributed by atoms with Gasteiger partial charge in [0.2, 0.25) is 11.8 Å². The second-order valence-electron chi connectivity index (χ2n) is 7.49. The predicted molar refractivity (Wildman–Crippen MR) is 116 cm³/mol. The van der Waals surface area contributed by atoms with Crippen molar-refractivity contribution in [1.29, 1.82) is 0 Å². The van der Waals surface area contributed by atoms with E-state index in [1.54, 1.807) is 18.5 Å². The molecule has 0 aliphatic rings. The van der Waals surface area contributed by atoms with Gasteiger partial charge in [-0.2, -0.15) is 0 Å². The highest BCUT2D eigenvalue weighted by molar-refractivity contribution is 6.04. The average molecular weight is 412 g/mol. The third kappa shape index (κ3) is 6.15. The Kier molecular flexibility index (Phi) is 8.55. The van der Waals surface area contributed by atoms with Crippen molar-refractivity contribution in [2.45, 2.75) is 33.6 Å². The van der Waals surface area contributed by atoms with E-state index in [1.807, 2.05) is 62.4 Å². The first-order valence-electron chi connectivity index (χ1n) is 10.1. The molecule has 0 saturated carbocycles. The van der Waals surface area contributed by atoms with Gasteiger partial charge < -0.3 is 5.32 Å². The van der Waals surface area contributed by atoms with E-state index in [4.69, 9.17) is 5.21 Å². The predicted octanol–water partition coefficient (Wildman–Crippen LogP) is 4.29. The molecular weight excluding hydrogens is 382 g/mol. The van der Waals surface area contributed by atoms with Crippen molar-refractivity contribution in [3.8, 4) is 11.1 Å². The van der Waals surface area contributed by atoms with Crippen LogP contribution in [-0.2, 0) is 9.59 Å². The van der Waals surface area contributed by atoms with Gasteiger partial charge in [-0.1, -0.05) is 62.4 Å². The average Bonchev–Trinajstić information content (AvgIpc) is 2.74. The quantitative estimate of drug-likeness (QED) is 0.446. The number of nitrogens with one attached hydrogen (secondary N) is 2. The largest absolute Gasteiger partial charge is 0.328 e. The van der Waals surface area contributed by atoms with Gasteiger partial charge in [0, 0.05) is 24.4 Å². The van der Waals surface area contributed by atoms with E-state index in [1.165, 1.54) is 0 Å². The number of rotatable bonds is 8. The molecule has 0 fully saturated rings. The summed E-state index contributed by atoms with van der Waals surface area (Å²) in [5.74, 6) is -1.65. The summed E-state index contributed by atoms with van der Waals surface area (Å²) in [6.07, 6.45) is 0.245. The standard InChI is InChI=1S/C23H29N3O4/c1-4-26(22(28)18(14-16(2)3)15-21(27)25-30)23(29)24-20-13-9-8-12-19(20)17-10-6-5-7-11-17/h5-13,16,18,30H,4,14-15H2,1-3H3,(H,24,29)(H,25,27). The van der Waals surface area contributed by atoms with Crippen molar-refractivity contribution in [2.75, 3.05) is 11.9 Å². The Labute approximate surface area is 177 Å². The molecule has 0 saturated heterocycles. The maximum absolute atomic E-state index is 13.1. The number of imide groups is 1. The zero-order valence-electron chi connectivity index (χ0n) is 17.6. The van der Waals surface area contributed by atoms with Gasteiger partial charge in [-0.25, -0.2) is 10.3 Å². The van der Waals surface area contributed by atoms with Crippen LogP contribution in [0.1, 0.15) is 33.6 Å². The smallest absolute Gasteiger partial charge is 0.307 e. The van der Waals surface area contributed by atoms with Crippen LogP contribution in [0, 0.1) is 11.8 Å². The number of para-hydroxylation sites is 1. The van der Waals surface area contributed by atoms with Crippen LogP contribution in [-0.4, -0.2) is 34.5 Å². The Morgan fingerprint density at radius 2 is 1.63 bits per heavy atom. The fraction of sp³-hybridized carbons (Fsp3) is 0.348. The van der Waals surface area contributed by atoms with E-state index in [0.717, 1.165) is 16.0 Å². The fourth-order valence-electron chi connectivity index (χ4n) is 3.37. The Balaban J connectivity index is 2.24. The zero-order valence-corrected chi connectivity index (χ0v) is 17.6. The Hall–Kier alpha value is -3.19. The summed E-state index contributed by atoms with van der Waals surface area (Å²) in [6.45, 7) is 5.74. The molecule has 0 aliphatic heterocycles. The summed E-state index contributed by atoms with van der Waals surface area (Å²) >= 11 is 0. The molecule has 1 unspecified atom stereocenters. The monoisotopic (exact) mass is 411 g/mol. The van der Waals surface area contributed by atoms with E-state index in [0.29, 0.717) is 12.1 Å². The minimum Gasteiger partial charge on any atom is -0.307 e. The SMILES string of the molecule is CCN(C(=O)Nc1ccccc1-c1ccccc1)C(=O)C(CC(=O)NO)CC(C)C. The normalized spacial score (nSPS) is 11.6. The van der Waals surface area contributed by atoms with Gasteiger partial charge in [-0.15, -0.1) is 0 Å².